The number of benzene rings is 1. The van der Waals surface area contributed by atoms with Crippen molar-refractivity contribution in [1.29, 1.82) is 0 Å². The summed E-state index contributed by atoms with van der Waals surface area (Å²) >= 11 is 0. The molecule has 0 heterocycles. The third-order valence-electron chi connectivity index (χ3n) is 5.14. The van der Waals surface area contributed by atoms with E-state index >= 15 is 0 Å². The van der Waals surface area contributed by atoms with E-state index in [0.29, 0.717) is 18.2 Å². The Kier molecular flexibility index (Phi) is 12.7. The van der Waals surface area contributed by atoms with Gasteiger partial charge in [0.2, 0.25) is 0 Å². The lowest BCUT2D eigenvalue weighted by Gasteiger charge is -2.22. The van der Waals surface area contributed by atoms with Crippen molar-refractivity contribution in [1.82, 2.24) is 10.2 Å². The molecule has 0 bridgehead atoms. The standard InChI is InChI=1S/C15H27NO.C9H12N2O.H2/c1-3-6-14-9-8-13(12-15(14)17)7-5-11-16-10-4-2;1-11(9(10)12)7-8-5-3-2-4-6-8;/h6,13,16H,3-5,7-12H2,1-2H3;2-6H,7H2,1H3,(H2,10,12);1H/b14-6+;;/t13-;;/m0../s1. The van der Waals surface area contributed by atoms with Crippen LogP contribution in [0.25, 0.3) is 0 Å². The fourth-order valence-corrected chi connectivity index (χ4v) is 3.46. The first-order valence-corrected chi connectivity index (χ1v) is 10.9. The zero-order valence-corrected chi connectivity index (χ0v) is 18.5. The van der Waals surface area contributed by atoms with Crippen LogP contribution in [-0.4, -0.2) is 36.9 Å². The molecule has 164 valence electrons. The van der Waals surface area contributed by atoms with Crippen LogP contribution in [0.4, 0.5) is 4.79 Å². The number of allylic oxidation sites excluding steroid dienone is 2. The molecule has 0 saturated heterocycles. The third-order valence-corrected chi connectivity index (χ3v) is 5.14. The molecular formula is C24H41N3O2. The Balaban J connectivity index is 0.000000573. The number of nitrogens with one attached hydrogen (secondary N) is 1. The largest absolute Gasteiger partial charge is 0.351 e. The molecule has 1 aliphatic rings. The van der Waals surface area contributed by atoms with Gasteiger partial charge in [0.05, 0.1) is 0 Å². The first kappa shape index (κ1) is 24.9. The molecule has 0 aliphatic heterocycles. The first-order chi connectivity index (χ1) is 14.0. The Bertz CT molecular complexity index is 635. The number of carbonyl (C=O) groups is 2. The maximum atomic E-state index is 11.8. The van der Waals surface area contributed by atoms with E-state index in [4.69, 9.17) is 5.73 Å². The van der Waals surface area contributed by atoms with Crippen molar-refractivity contribution >= 4 is 11.8 Å². The Hall–Kier alpha value is -2.14. The minimum atomic E-state index is -0.404. The molecule has 0 aromatic heterocycles. The van der Waals surface area contributed by atoms with Crippen LogP contribution >= 0.6 is 0 Å². The molecule has 1 aliphatic carbocycles. The quantitative estimate of drug-likeness (QED) is 0.454. The lowest BCUT2D eigenvalue weighted by atomic mass is 9.82. The number of hydrogen-bond acceptors (Lipinski definition) is 3. The van der Waals surface area contributed by atoms with Crippen molar-refractivity contribution in [3.63, 3.8) is 0 Å². The lowest BCUT2D eigenvalue weighted by molar-refractivity contribution is -0.117. The summed E-state index contributed by atoms with van der Waals surface area (Å²) in [5.74, 6) is 1.05. The summed E-state index contributed by atoms with van der Waals surface area (Å²) in [6.45, 7) is 7.08. The number of nitrogens with two attached hydrogens (primary N) is 1. The van der Waals surface area contributed by atoms with Gasteiger partial charge in [0, 0.05) is 21.4 Å². The number of nitrogens with zero attached hydrogens (tertiary/aromatic N) is 1. The van der Waals surface area contributed by atoms with E-state index < -0.39 is 6.03 Å². The van der Waals surface area contributed by atoms with Crippen LogP contribution in [0.1, 0.15) is 65.8 Å². The zero-order valence-electron chi connectivity index (χ0n) is 18.5. The number of amides is 2. The summed E-state index contributed by atoms with van der Waals surface area (Å²) < 4.78 is 0. The van der Waals surface area contributed by atoms with Crippen molar-refractivity contribution in [3.05, 3.63) is 47.5 Å². The Morgan fingerprint density at radius 3 is 2.59 bits per heavy atom. The molecule has 1 fully saturated rings. The molecule has 0 spiro atoms. The minimum Gasteiger partial charge on any atom is -0.351 e. The van der Waals surface area contributed by atoms with Gasteiger partial charge in [-0.05, 0) is 68.7 Å². The fraction of sp³-hybridized carbons (Fsp3) is 0.583. The van der Waals surface area contributed by atoms with Crippen molar-refractivity contribution in [2.24, 2.45) is 11.7 Å². The first-order valence-electron chi connectivity index (χ1n) is 10.9. The summed E-state index contributed by atoms with van der Waals surface area (Å²) in [5, 5.41) is 3.42. The molecule has 2 rings (SSSR count). The number of Topliss-reactive ketones (excluding diaryl/α,β-unsaturated/α-hetero) is 1. The van der Waals surface area contributed by atoms with Gasteiger partial charge in [-0.15, -0.1) is 0 Å². The summed E-state index contributed by atoms with van der Waals surface area (Å²) in [6, 6.07) is 9.32. The predicted molar refractivity (Wildman–Crippen MR) is 123 cm³/mol. The van der Waals surface area contributed by atoms with Gasteiger partial charge in [0.1, 0.15) is 0 Å². The summed E-state index contributed by atoms with van der Waals surface area (Å²) in [4.78, 5) is 24.0. The van der Waals surface area contributed by atoms with Gasteiger partial charge >= 0.3 is 6.03 Å². The monoisotopic (exact) mass is 403 g/mol. The van der Waals surface area contributed by atoms with E-state index in [1.807, 2.05) is 30.3 Å². The fourth-order valence-electron chi connectivity index (χ4n) is 3.46. The van der Waals surface area contributed by atoms with Gasteiger partial charge < -0.3 is 16.0 Å². The smallest absolute Gasteiger partial charge is 0.314 e. The highest BCUT2D eigenvalue weighted by atomic mass is 16.2. The molecule has 1 saturated carbocycles. The van der Waals surface area contributed by atoms with Crippen LogP contribution < -0.4 is 11.1 Å². The Morgan fingerprint density at radius 1 is 1.28 bits per heavy atom. The molecule has 1 aromatic rings. The van der Waals surface area contributed by atoms with Crippen LogP contribution in [-0.2, 0) is 11.3 Å². The highest BCUT2D eigenvalue weighted by molar-refractivity contribution is 5.96. The average Bonchev–Trinajstić information content (AvgIpc) is 2.71. The second-order valence-electron chi connectivity index (χ2n) is 7.74. The van der Waals surface area contributed by atoms with Gasteiger partial charge in [-0.3, -0.25) is 4.79 Å². The molecule has 0 unspecified atom stereocenters. The predicted octanol–water partition coefficient (Wildman–Crippen LogP) is 4.91. The van der Waals surface area contributed by atoms with Crippen molar-refractivity contribution < 1.29 is 11.0 Å². The summed E-state index contributed by atoms with van der Waals surface area (Å²) in [5.41, 5.74) is 7.24. The highest BCUT2D eigenvalue weighted by Crippen LogP contribution is 2.28. The second kappa shape index (κ2) is 14.8. The maximum Gasteiger partial charge on any atom is 0.314 e. The third kappa shape index (κ3) is 10.8. The molecule has 1 atom stereocenters. The van der Waals surface area contributed by atoms with E-state index in [9.17, 15) is 9.59 Å². The van der Waals surface area contributed by atoms with Gasteiger partial charge in [-0.1, -0.05) is 50.3 Å². The second-order valence-corrected chi connectivity index (χ2v) is 7.74. The van der Waals surface area contributed by atoms with Gasteiger partial charge in [0.25, 0.3) is 0 Å². The SMILES string of the molecule is CC/C=C1\CC[C@H](CCCNCCC)CC1=O.CN(Cc1ccccc1)C(N)=O.[HH]. The molecule has 5 heteroatoms. The molecule has 29 heavy (non-hydrogen) atoms. The van der Waals surface area contributed by atoms with Crippen molar-refractivity contribution in [2.75, 3.05) is 20.1 Å². The number of carbonyl (C=O) groups excluding carboxylic acids is 2. The van der Waals surface area contributed by atoms with Crippen LogP contribution in [0.2, 0.25) is 0 Å². The normalized spacial score (nSPS) is 17.6. The maximum absolute atomic E-state index is 11.8. The van der Waals surface area contributed by atoms with Gasteiger partial charge in [0.15, 0.2) is 5.78 Å². The number of hydrogen-bond donors (Lipinski definition) is 2. The van der Waals surface area contributed by atoms with E-state index in [2.05, 4.69) is 25.2 Å². The van der Waals surface area contributed by atoms with Crippen molar-refractivity contribution in [2.45, 2.75) is 65.3 Å². The number of urea groups is 1. The van der Waals surface area contributed by atoms with Gasteiger partial charge in [-0.2, -0.15) is 0 Å². The molecule has 5 nitrogen and oxygen atoms in total. The van der Waals surface area contributed by atoms with E-state index in [0.717, 1.165) is 43.5 Å². The summed E-state index contributed by atoms with van der Waals surface area (Å²) in [6.07, 6.45) is 9.75. The minimum absolute atomic E-state index is 0. The molecule has 1 aromatic carbocycles. The van der Waals surface area contributed by atoms with Gasteiger partial charge in [-0.25, -0.2) is 4.79 Å². The molecular weight excluding hydrogens is 362 g/mol. The van der Waals surface area contributed by atoms with Crippen LogP contribution in [0, 0.1) is 5.92 Å². The Labute approximate surface area is 178 Å². The number of rotatable bonds is 9. The van der Waals surface area contributed by atoms with Crippen LogP contribution in [0.15, 0.2) is 42.0 Å². The highest BCUT2D eigenvalue weighted by Gasteiger charge is 2.22. The van der Waals surface area contributed by atoms with E-state index in [1.54, 1.807) is 7.05 Å². The van der Waals surface area contributed by atoms with E-state index in [1.165, 1.54) is 30.6 Å². The lowest BCUT2D eigenvalue weighted by Crippen LogP contribution is -2.31. The average molecular weight is 404 g/mol. The van der Waals surface area contributed by atoms with E-state index in [-0.39, 0.29) is 1.43 Å². The zero-order chi connectivity index (χ0) is 21.5. The Morgan fingerprint density at radius 2 is 2.00 bits per heavy atom. The number of primary amides is 1. The van der Waals surface area contributed by atoms with Crippen LogP contribution in [0.3, 0.4) is 0 Å². The summed E-state index contributed by atoms with van der Waals surface area (Å²) in [7, 11) is 1.68. The number of ketones is 1. The molecule has 2 amide bonds. The molecule has 3 N–H and O–H groups in total. The van der Waals surface area contributed by atoms with Crippen LogP contribution in [0.5, 0.6) is 0 Å². The van der Waals surface area contributed by atoms with Crippen molar-refractivity contribution in [3.8, 4) is 0 Å². The topological polar surface area (TPSA) is 75.4 Å². The molecule has 0 radical (unpaired) electrons.